The molecule has 19 nitrogen and oxygen atoms in total. The zero-order valence-corrected chi connectivity index (χ0v) is 53.9. The van der Waals surface area contributed by atoms with Crippen LogP contribution >= 0.6 is 0 Å². The molecule has 0 aliphatic rings. The molecule has 0 unspecified atom stereocenters. The third-order valence-electron chi connectivity index (χ3n) is 15.4. The number of phenolic OH excluding ortho intramolecular Hbond substituents is 4. The fourth-order valence-electron chi connectivity index (χ4n) is 10.5. The number of nitrogens with zero attached hydrogens (tertiary/aromatic N) is 3. The number of ketones is 3. The van der Waals surface area contributed by atoms with Gasteiger partial charge in [-0.05, 0) is 206 Å². The van der Waals surface area contributed by atoms with Gasteiger partial charge in [0.2, 0.25) is 0 Å². The van der Waals surface area contributed by atoms with Crippen molar-refractivity contribution in [2.24, 2.45) is 0 Å². The van der Waals surface area contributed by atoms with Gasteiger partial charge in [-0.15, -0.1) is 0 Å². The maximum Gasteiger partial charge on any atom is 0.255 e. The van der Waals surface area contributed by atoms with E-state index in [0.29, 0.717) is 89.3 Å². The molecule has 9 aromatic carbocycles. The number of hydrogen-bond donors (Lipinski definition) is 7. The molecule has 3 aromatic heterocycles. The lowest BCUT2D eigenvalue weighted by atomic mass is 10.1. The number of halogens is 3. The van der Waals surface area contributed by atoms with E-state index in [2.05, 4.69) is 30.9 Å². The Morgan fingerprint density at radius 3 is 1.10 bits per heavy atom. The fraction of sp³-hybridized carbons (Fsp3) is 0.115. The van der Waals surface area contributed by atoms with Gasteiger partial charge in [0.05, 0.1) is 17.1 Å². The highest BCUT2D eigenvalue weighted by Crippen LogP contribution is 2.35. The van der Waals surface area contributed by atoms with Crippen LogP contribution in [0.4, 0.5) is 30.2 Å². The summed E-state index contributed by atoms with van der Waals surface area (Å²) in [5.74, 6) is -2.25. The van der Waals surface area contributed by atoms with Gasteiger partial charge in [0.1, 0.15) is 94.1 Å². The van der Waals surface area contributed by atoms with Crippen molar-refractivity contribution in [1.82, 2.24) is 15.0 Å². The summed E-state index contributed by atoms with van der Waals surface area (Å²) < 4.78 is 57.5. The minimum absolute atomic E-state index is 0.0332. The zero-order chi connectivity index (χ0) is 71.0. The fourth-order valence-corrected chi connectivity index (χ4v) is 10.5. The summed E-state index contributed by atoms with van der Waals surface area (Å²) in [6.07, 6.45) is 4.96. The van der Waals surface area contributed by atoms with Crippen LogP contribution in [0.1, 0.15) is 64.5 Å². The number of rotatable bonds is 21. The summed E-state index contributed by atoms with van der Waals surface area (Å²) in [6.45, 7) is 4.60. The Labute approximate surface area is 570 Å². The number of aryl methyl sites for hydroxylation is 2. The second kappa shape index (κ2) is 32.2. The third-order valence-corrected chi connectivity index (χ3v) is 15.4. The first-order valence-corrected chi connectivity index (χ1v) is 31.0. The molecule has 100 heavy (non-hydrogen) atoms. The van der Waals surface area contributed by atoms with Crippen LogP contribution in [-0.2, 0) is 33.6 Å². The number of aromatic hydroxyl groups is 4. The smallest absolute Gasteiger partial charge is 0.255 e. The summed E-state index contributed by atoms with van der Waals surface area (Å²) in [5, 5.41) is 49.3. The van der Waals surface area contributed by atoms with E-state index in [9.17, 15) is 62.4 Å². The monoisotopic (exact) mass is 1350 g/mol. The molecule has 7 N–H and O–H groups in total. The Bertz CT molecular complexity index is 5070. The van der Waals surface area contributed by atoms with Crippen LogP contribution in [0.3, 0.4) is 0 Å². The Balaban J connectivity index is 0.000000162. The van der Waals surface area contributed by atoms with Crippen LogP contribution in [0, 0.1) is 38.2 Å². The summed E-state index contributed by atoms with van der Waals surface area (Å²) >= 11 is 0. The molecule has 0 bridgehead atoms. The maximum absolute atomic E-state index is 13.5. The lowest BCUT2D eigenvalue weighted by molar-refractivity contribution is -0.121. The van der Waals surface area contributed by atoms with Gasteiger partial charge < -0.3 is 50.6 Å². The average molecular weight is 1350 g/mol. The minimum atomic E-state index is -0.511. The number of amides is 3. The Hall–Kier alpha value is -13.0. The summed E-state index contributed by atoms with van der Waals surface area (Å²) in [5.41, 5.74) is 7.23. The van der Waals surface area contributed by atoms with E-state index in [0.717, 1.165) is 29.3 Å². The molecule has 0 saturated heterocycles. The van der Waals surface area contributed by atoms with Crippen molar-refractivity contribution in [2.45, 2.75) is 40.0 Å². The first-order chi connectivity index (χ1) is 48.1. The lowest BCUT2D eigenvalue weighted by Gasteiger charge is -2.13. The molecule has 12 rings (SSSR count). The predicted molar refractivity (Wildman–Crippen MR) is 371 cm³/mol. The number of anilines is 3. The molecule has 3 amide bonds. The van der Waals surface area contributed by atoms with E-state index in [1.165, 1.54) is 66.7 Å². The Kier molecular flexibility index (Phi) is 22.5. The van der Waals surface area contributed by atoms with Crippen molar-refractivity contribution >= 4 is 84.8 Å². The van der Waals surface area contributed by atoms with E-state index in [4.69, 9.17) is 14.2 Å². The summed E-state index contributed by atoms with van der Waals surface area (Å²) in [7, 11) is 0. The Morgan fingerprint density at radius 2 is 0.740 bits per heavy atom. The van der Waals surface area contributed by atoms with Crippen molar-refractivity contribution in [3.8, 4) is 40.2 Å². The quantitative estimate of drug-likeness (QED) is 0.0352. The number of aromatic nitrogens is 3. The number of carbonyl (C=O) groups is 6. The van der Waals surface area contributed by atoms with Gasteiger partial charge in [0.25, 0.3) is 17.7 Å². The second-order valence-electron chi connectivity index (χ2n) is 23.0. The van der Waals surface area contributed by atoms with Crippen molar-refractivity contribution in [1.29, 1.82) is 0 Å². The molecule has 504 valence electrons. The van der Waals surface area contributed by atoms with E-state index >= 15 is 0 Å². The molecule has 0 aliphatic heterocycles. The number of hydrogen-bond acceptors (Lipinski definition) is 16. The highest BCUT2D eigenvalue weighted by molar-refractivity contribution is 6.11. The van der Waals surface area contributed by atoms with Crippen LogP contribution in [0.15, 0.2) is 213 Å². The van der Waals surface area contributed by atoms with Gasteiger partial charge >= 0.3 is 0 Å². The van der Waals surface area contributed by atoms with Gasteiger partial charge in [-0.1, -0.05) is 36.4 Å². The first-order valence-electron chi connectivity index (χ1n) is 31.0. The number of nitrogens with one attached hydrogen (secondary N) is 3. The van der Waals surface area contributed by atoms with Gasteiger partial charge in [-0.3, -0.25) is 43.7 Å². The molecule has 0 atom stereocenters. The average Bonchev–Trinajstić information content (AvgIpc) is 0.810. The highest BCUT2D eigenvalue weighted by atomic mass is 19.1. The largest absolute Gasteiger partial charge is 0.508 e. The van der Waals surface area contributed by atoms with Crippen LogP contribution in [0.5, 0.6) is 40.2 Å². The molecule has 22 heteroatoms. The first kappa shape index (κ1) is 69.8. The van der Waals surface area contributed by atoms with Crippen molar-refractivity contribution < 1.29 is 76.6 Å². The zero-order valence-electron chi connectivity index (χ0n) is 53.9. The van der Waals surface area contributed by atoms with Gasteiger partial charge in [0.15, 0.2) is 17.3 Å². The van der Waals surface area contributed by atoms with Crippen molar-refractivity contribution in [3.05, 3.63) is 280 Å². The van der Waals surface area contributed by atoms with Crippen molar-refractivity contribution in [3.63, 3.8) is 0 Å². The maximum atomic E-state index is 13.5. The number of ether oxygens (including phenoxy) is 3. The Morgan fingerprint density at radius 1 is 0.380 bits per heavy atom. The van der Waals surface area contributed by atoms with Crippen LogP contribution in [0.2, 0.25) is 0 Å². The lowest BCUT2D eigenvalue weighted by Crippen LogP contribution is -2.15. The molecule has 0 radical (unpaired) electrons. The molecule has 0 fully saturated rings. The standard InChI is InChI=1S/C26H21FN2O5.2C26H21FN2O4/c1-15-22(31)11-16(12-23(15)32)10-19(30)14-34-24-8-7-21(20-6-3-9-28-25(20)24)29-26(33)17-4-2-5-18(27)13-17;1-16-7-8-17(13-23(16)31)12-20(30)15-33-24-10-9-22(21-6-3-11-28-25(21)24)29-26(32)18-4-2-5-19(27)14-18;1-16-10-17(12-20(30)11-16)13-21(31)15-33-24-8-7-23(22-6-3-9-28-25(22)24)29-26(32)18-4-2-5-19(27)14-18/h2-9,11-13,31-32H,10,14H2,1H3,(H,29,33);2-11,13-14,31H,12,15H2,1H3,(H,29,32);2-12,14,30H,13,15H2,1H3,(H,29,32). The van der Waals surface area contributed by atoms with Crippen LogP contribution < -0.4 is 30.2 Å². The normalized spacial score (nSPS) is 10.7. The molecule has 3 heterocycles. The number of carbonyl (C=O) groups excluding carboxylic acids is 6. The molecule has 0 saturated carbocycles. The highest BCUT2D eigenvalue weighted by Gasteiger charge is 2.19. The van der Waals surface area contributed by atoms with Gasteiger partial charge in [-0.25, -0.2) is 13.2 Å². The predicted octanol–water partition coefficient (Wildman–Crippen LogP) is 14.2. The number of phenols is 4. The van der Waals surface area contributed by atoms with Gasteiger partial charge in [-0.2, -0.15) is 0 Å². The summed E-state index contributed by atoms with van der Waals surface area (Å²) in [6, 6.07) is 49.4. The summed E-state index contributed by atoms with van der Waals surface area (Å²) in [4.78, 5) is 87.9. The van der Waals surface area contributed by atoms with Crippen molar-refractivity contribution in [2.75, 3.05) is 35.8 Å². The second-order valence-corrected chi connectivity index (χ2v) is 23.0. The van der Waals surface area contributed by atoms with E-state index < -0.39 is 35.2 Å². The molecule has 12 aromatic rings. The molecule has 0 spiro atoms. The molecular weight excluding hydrogens is 1290 g/mol. The minimum Gasteiger partial charge on any atom is -0.508 e. The van der Waals surface area contributed by atoms with Crippen LogP contribution in [-0.4, -0.2) is 90.3 Å². The van der Waals surface area contributed by atoms with E-state index in [-0.39, 0.29) is 96.1 Å². The topological polar surface area (TPSA) is 286 Å². The third kappa shape index (κ3) is 18.3. The van der Waals surface area contributed by atoms with E-state index in [1.807, 2.05) is 13.0 Å². The van der Waals surface area contributed by atoms with Crippen LogP contribution in [0.25, 0.3) is 32.7 Å². The number of pyridine rings is 3. The van der Waals surface area contributed by atoms with E-state index in [1.54, 1.807) is 136 Å². The number of benzene rings is 9. The number of fused-ring (bicyclic) bond motifs is 3. The SMILES string of the molecule is Cc1c(O)cc(CC(=O)COc2ccc(NC(=O)c3cccc(F)c3)c3cccnc23)cc1O.Cc1cc(O)cc(CC(=O)COc2ccc(NC(=O)c3cccc(F)c3)c3cccnc23)c1.Cc1ccc(CC(=O)COc2ccc(NC(=O)c3cccc(F)c3)c3cccnc23)cc1O. The molecule has 0 aliphatic carbocycles. The number of Topliss-reactive ketones (excluding diaryl/α,β-unsaturated/α-hetero) is 3. The van der Waals surface area contributed by atoms with Gasteiger partial charge in [0, 0.05) is 76.3 Å². The molecular formula is C78H63F3N6O13.